The monoisotopic (exact) mass is 328 g/mol. The van der Waals surface area contributed by atoms with Gasteiger partial charge in [-0.25, -0.2) is 0 Å². The molecule has 3 nitrogen and oxygen atoms in total. The molecule has 0 aliphatic heterocycles. The maximum atomic E-state index is 10.3. The smallest absolute Gasteiger partial charge is 0.0869 e. The molecule has 0 radical (unpaired) electrons. The molecule has 1 aromatic carbocycles. The van der Waals surface area contributed by atoms with Gasteiger partial charge in [0.15, 0.2) is 0 Å². The summed E-state index contributed by atoms with van der Waals surface area (Å²) in [5.74, 6) is 0. The third-order valence-electron chi connectivity index (χ3n) is 3.07. The van der Waals surface area contributed by atoms with E-state index in [9.17, 15) is 5.11 Å². The van der Waals surface area contributed by atoms with Gasteiger partial charge in [0, 0.05) is 23.6 Å². The van der Waals surface area contributed by atoms with E-state index in [-0.39, 0.29) is 6.04 Å². The summed E-state index contributed by atoms with van der Waals surface area (Å²) in [6, 6.07) is 8.62. The molecule has 0 fully saturated rings. The van der Waals surface area contributed by atoms with Crippen LogP contribution in [0, 0.1) is 0 Å². The molecule has 0 aliphatic rings. The number of likely N-dealkylation sites (N-methyl/N-ethyl adjacent to an activating group) is 1. The summed E-state index contributed by atoms with van der Waals surface area (Å²) in [7, 11) is 3.95. The average Bonchev–Trinajstić information content (AvgIpc) is 2.30. The standard InChI is InChI=1S/C15H25BrN2O/c1-5-14(12-6-8-13(16)9-7-12)17-10-15(2,19)11-18(3)4/h6-9,14,17,19H,5,10-11H2,1-4H3. The molecular weight excluding hydrogens is 304 g/mol. The van der Waals surface area contributed by atoms with Crippen molar-refractivity contribution in [1.29, 1.82) is 0 Å². The minimum atomic E-state index is -0.716. The van der Waals surface area contributed by atoms with Gasteiger partial charge in [-0.3, -0.25) is 0 Å². The molecule has 4 heteroatoms. The molecule has 2 N–H and O–H groups in total. The van der Waals surface area contributed by atoms with Gasteiger partial charge < -0.3 is 15.3 Å². The van der Waals surface area contributed by atoms with Crippen LogP contribution in [0.15, 0.2) is 28.7 Å². The van der Waals surface area contributed by atoms with Gasteiger partial charge in [-0.05, 0) is 45.1 Å². The molecule has 0 spiro atoms. The van der Waals surface area contributed by atoms with Gasteiger partial charge in [-0.15, -0.1) is 0 Å². The van der Waals surface area contributed by atoms with E-state index in [0.717, 1.165) is 10.9 Å². The van der Waals surface area contributed by atoms with Crippen LogP contribution in [0.4, 0.5) is 0 Å². The first kappa shape index (κ1) is 16.6. The van der Waals surface area contributed by atoms with Crippen molar-refractivity contribution in [2.24, 2.45) is 0 Å². The van der Waals surface area contributed by atoms with E-state index in [1.807, 2.05) is 25.9 Å². The Balaban J connectivity index is 2.60. The number of hydrogen-bond acceptors (Lipinski definition) is 3. The normalized spacial score (nSPS) is 16.4. The highest BCUT2D eigenvalue weighted by Gasteiger charge is 2.22. The molecule has 0 amide bonds. The number of nitrogens with one attached hydrogen (secondary N) is 1. The molecule has 0 aliphatic carbocycles. The van der Waals surface area contributed by atoms with Gasteiger partial charge in [-0.2, -0.15) is 0 Å². The van der Waals surface area contributed by atoms with E-state index in [1.165, 1.54) is 5.56 Å². The van der Waals surface area contributed by atoms with Crippen LogP contribution in [0.2, 0.25) is 0 Å². The maximum Gasteiger partial charge on any atom is 0.0869 e. The van der Waals surface area contributed by atoms with Crippen LogP contribution < -0.4 is 5.32 Å². The van der Waals surface area contributed by atoms with E-state index < -0.39 is 5.60 Å². The van der Waals surface area contributed by atoms with Crippen molar-refractivity contribution in [1.82, 2.24) is 10.2 Å². The highest BCUT2D eigenvalue weighted by atomic mass is 79.9. The van der Waals surface area contributed by atoms with Gasteiger partial charge >= 0.3 is 0 Å². The maximum absolute atomic E-state index is 10.3. The highest BCUT2D eigenvalue weighted by Crippen LogP contribution is 2.20. The van der Waals surface area contributed by atoms with Crippen LogP contribution >= 0.6 is 15.9 Å². The summed E-state index contributed by atoms with van der Waals surface area (Å²) in [6.45, 7) is 5.26. The van der Waals surface area contributed by atoms with Crippen LogP contribution in [-0.4, -0.2) is 42.8 Å². The summed E-state index contributed by atoms with van der Waals surface area (Å²) in [5.41, 5.74) is 0.540. The lowest BCUT2D eigenvalue weighted by Gasteiger charge is -2.29. The fourth-order valence-electron chi connectivity index (χ4n) is 2.27. The van der Waals surface area contributed by atoms with Gasteiger partial charge in [0.1, 0.15) is 0 Å². The second-order valence-corrected chi connectivity index (χ2v) is 6.54. The van der Waals surface area contributed by atoms with Crippen molar-refractivity contribution in [2.75, 3.05) is 27.2 Å². The molecule has 1 aromatic rings. The quantitative estimate of drug-likeness (QED) is 0.807. The average molecular weight is 329 g/mol. The number of rotatable bonds is 7. The Morgan fingerprint density at radius 3 is 2.37 bits per heavy atom. The molecule has 19 heavy (non-hydrogen) atoms. The first-order valence-corrected chi connectivity index (χ1v) is 7.49. The third kappa shape index (κ3) is 6.04. The van der Waals surface area contributed by atoms with Gasteiger partial charge in [0.2, 0.25) is 0 Å². The number of benzene rings is 1. The second-order valence-electron chi connectivity index (χ2n) is 5.63. The highest BCUT2D eigenvalue weighted by molar-refractivity contribution is 9.10. The summed E-state index contributed by atoms with van der Waals surface area (Å²) in [5, 5.41) is 13.8. The molecule has 0 bridgehead atoms. The van der Waals surface area contributed by atoms with Crippen molar-refractivity contribution >= 4 is 15.9 Å². The van der Waals surface area contributed by atoms with E-state index in [1.54, 1.807) is 0 Å². The van der Waals surface area contributed by atoms with Crippen LogP contribution in [0.25, 0.3) is 0 Å². The van der Waals surface area contributed by atoms with Crippen molar-refractivity contribution in [3.8, 4) is 0 Å². The van der Waals surface area contributed by atoms with E-state index >= 15 is 0 Å². The van der Waals surface area contributed by atoms with Crippen molar-refractivity contribution in [3.05, 3.63) is 34.3 Å². The lowest BCUT2D eigenvalue weighted by Crippen LogP contribution is -2.46. The Labute approximate surface area is 125 Å². The van der Waals surface area contributed by atoms with Crippen molar-refractivity contribution < 1.29 is 5.11 Å². The SMILES string of the molecule is CCC(NCC(C)(O)CN(C)C)c1ccc(Br)cc1. The summed E-state index contributed by atoms with van der Waals surface area (Å²) in [6.07, 6.45) is 1.000. The van der Waals surface area contributed by atoms with Crippen LogP contribution in [0.3, 0.4) is 0 Å². The summed E-state index contributed by atoms with van der Waals surface area (Å²) in [4.78, 5) is 2.00. The minimum Gasteiger partial charge on any atom is -0.388 e. The van der Waals surface area contributed by atoms with Gasteiger partial charge in [0.05, 0.1) is 5.60 Å². The first-order chi connectivity index (χ1) is 8.84. The minimum absolute atomic E-state index is 0.279. The predicted octanol–water partition coefficient (Wildman–Crippen LogP) is 2.80. The lowest BCUT2D eigenvalue weighted by molar-refractivity contribution is 0.0311. The zero-order chi connectivity index (χ0) is 14.5. The van der Waals surface area contributed by atoms with Gasteiger partial charge in [0.25, 0.3) is 0 Å². The molecule has 2 atom stereocenters. The zero-order valence-corrected chi connectivity index (χ0v) is 13.9. The molecule has 0 saturated carbocycles. The third-order valence-corrected chi connectivity index (χ3v) is 3.60. The van der Waals surface area contributed by atoms with Gasteiger partial charge in [-0.1, -0.05) is 35.0 Å². The summed E-state index contributed by atoms with van der Waals surface area (Å²) < 4.78 is 1.09. The van der Waals surface area contributed by atoms with E-state index in [4.69, 9.17) is 0 Å². The van der Waals surface area contributed by atoms with E-state index in [0.29, 0.717) is 13.1 Å². The molecule has 1 rings (SSSR count). The molecule has 0 heterocycles. The molecule has 108 valence electrons. The second kappa shape index (κ2) is 7.39. The Bertz CT molecular complexity index is 376. The van der Waals surface area contributed by atoms with Crippen molar-refractivity contribution in [2.45, 2.75) is 31.9 Å². The zero-order valence-electron chi connectivity index (χ0n) is 12.3. The fourth-order valence-corrected chi connectivity index (χ4v) is 2.54. The van der Waals surface area contributed by atoms with Crippen LogP contribution in [-0.2, 0) is 0 Å². The fraction of sp³-hybridized carbons (Fsp3) is 0.600. The molecular formula is C15H25BrN2O. The van der Waals surface area contributed by atoms with Crippen LogP contribution in [0.5, 0.6) is 0 Å². The molecule has 2 unspecified atom stereocenters. The molecule has 0 aromatic heterocycles. The molecule has 0 saturated heterocycles. The number of hydrogen-bond donors (Lipinski definition) is 2. The topological polar surface area (TPSA) is 35.5 Å². The Kier molecular flexibility index (Phi) is 6.47. The lowest BCUT2D eigenvalue weighted by atomic mass is 10.0. The number of nitrogens with zero attached hydrogens (tertiary/aromatic N) is 1. The summed E-state index contributed by atoms with van der Waals surface area (Å²) >= 11 is 3.45. The largest absolute Gasteiger partial charge is 0.388 e. The number of halogens is 1. The Morgan fingerprint density at radius 1 is 1.32 bits per heavy atom. The predicted molar refractivity (Wildman–Crippen MR) is 84.4 cm³/mol. The van der Waals surface area contributed by atoms with Crippen LogP contribution in [0.1, 0.15) is 31.9 Å². The van der Waals surface area contributed by atoms with Crippen molar-refractivity contribution in [3.63, 3.8) is 0 Å². The first-order valence-electron chi connectivity index (χ1n) is 6.70. The Hall–Kier alpha value is -0.420. The van der Waals surface area contributed by atoms with E-state index in [2.05, 4.69) is 52.4 Å². The Morgan fingerprint density at radius 2 is 1.89 bits per heavy atom. The number of aliphatic hydroxyl groups is 1.